The summed E-state index contributed by atoms with van der Waals surface area (Å²) < 4.78 is 0. The Labute approximate surface area is 212 Å². The van der Waals surface area contributed by atoms with E-state index in [4.69, 9.17) is 10.8 Å². The van der Waals surface area contributed by atoms with Crippen molar-refractivity contribution in [3.05, 3.63) is 36.0 Å². The SMILES string of the molecule is CC(C)C(N)C(=O)NC(Cc1c[nH]c2ccccc12)C(=O)NC(C(=O)NC(CC(=O)O)C(=O)O)C(C)O. The maximum atomic E-state index is 13.3. The molecule has 5 atom stereocenters. The van der Waals surface area contributed by atoms with Gasteiger partial charge in [-0.1, -0.05) is 32.0 Å². The fourth-order valence-electron chi connectivity index (χ4n) is 3.60. The summed E-state index contributed by atoms with van der Waals surface area (Å²) in [5, 5.41) is 36.0. The number of aliphatic hydroxyl groups excluding tert-OH is 1. The van der Waals surface area contributed by atoms with Gasteiger partial charge in [0.15, 0.2) is 0 Å². The van der Waals surface area contributed by atoms with Gasteiger partial charge in [-0.25, -0.2) is 4.79 Å². The highest BCUT2D eigenvalue weighted by Crippen LogP contribution is 2.19. The Kier molecular flexibility index (Phi) is 10.1. The predicted octanol–water partition coefficient (Wildman–Crippen LogP) is -0.912. The lowest BCUT2D eigenvalue weighted by molar-refractivity contribution is -0.148. The minimum atomic E-state index is -1.78. The van der Waals surface area contributed by atoms with E-state index in [0.717, 1.165) is 10.9 Å². The molecule has 37 heavy (non-hydrogen) atoms. The quantitative estimate of drug-likeness (QED) is 0.164. The number of amides is 3. The van der Waals surface area contributed by atoms with E-state index in [1.807, 2.05) is 29.6 Å². The van der Waals surface area contributed by atoms with Crippen molar-refractivity contribution in [2.24, 2.45) is 11.7 Å². The van der Waals surface area contributed by atoms with Gasteiger partial charge in [0.2, 0.25) is 17.7 Å². The van der Waals surface area contributed by atoms with Crippen LogP contribution in [-0.2, 0) is 30.4 Å². The normalized spacial score (nSPS) is 15.3. The van der Waals surface area contributed by atoms with Crippen molar-refractivity contribution >= 4 is 40.6 Å². The van der Waals surface area contributed by atoms with Crippen molar-refractivity contribution in [3.63, 3.8) is 0 Å². The first-order valence-corrected chi connectivity index (χ1v) is 11.7. The Hall–Kier alpha value is -3.97. The highest BCUT2D eigenvalue weighted by Gasteiger charge is 2.34. The van der Waals surface area contributed by atoms with Crippen molar-refractivity contribution in [3.8, 4) is 0 Å². The van der Waals surface area contributed by atoms with Crippen LogP contribution in [0.3, 0.4) is 0 Å². The first kappa shape index (κ1) is 29.3. The van der Waals surface area contributed by atoms with Gasteiger partial charge < -0.3 is 42.0 Å². The van der Waals surface area contributed by atoms with Crippen LogP contribution >= 0.6 is 0 Å². The molecule has 2 rings (SSSR count). The molecule has 5 unspecified atom stereocenters. The number of nitrogens with two attached hydrogens (primary N) is 1. The van der Waals surface area contributed by atoms with Gasteiger partial charge in [0.05, 0.1) is 18.6 Å². The lowest BCUT2D eigenvalue weighted by Gasteiger charge is -2.26. The Bertz CT molecular complexity index is 1150. The number of carbonyl (C=O) groups excluding carboxylic acids is 3. The zero-order chi connectivity index (χ0) is 27.9. The maximum Gasteiger partial charge on any atom is 0.326 e. The average molecular weight is 520 g/mol. The largest absolute Gasteiger partial charge is 0.481 e. The number of rotatable bonds is 13. The molecule has 0 saturated carbocycles. The van der Waals surface area contributed by atoms with Crippen molar-refractivity contribution in [1.29, 1.82) is 0 Å². The lowest BCUT2D eigenvalue weighted by atomic mass is 10.0. The van der Waals surface area contributed by atoms with E-state index in [2.05, 4.69) is 15.6 Å². The number of aliphatic carboxylic acids is 2. The molecule has 0 saturated heterocycles. The van der Waals surface area contributed by atoms with Gasteiger partial charge in [0.1, 0.15) is 18.1 Å². The summed E-state index contributed by atoms with van der Waals surface area (Å²) in [6.07, 6.45) is -0.696. The van der Waals surface area contributed by atoms with Crippen molar-refractivity contribution in [2.75, 3.05) is 0 Å². The summed E-state index contributed by atoms with van der Waals surface area (Å²) in [5.41, 5.74) is 7.44. The molecule has 2 aromatic rings. The molecule has 1 aromatic heterocycles. The number of carbonyl (C=O) groups is 5. The van der Waals surface area contributed by atoms with Crippen LogP contribution in [-0.4, -0.2) is 80.2 Å². The summed E-state index contributed by atoms with van der Waals surface area (Å²) in [4.78, 5) is 64.0. The van der Waals surface area contributed by atoms with Crippen molar-refractivity contribution < 1.29 is 39.3 Å². The molecule has 0 radical (unpaired) electrons. The van der Waals surface area contributed by atoms with Crippen LogP contribution in [0.25, 0.3) is 10.9 Å². The first-order valence-electron chi connectivity index (χ1n) is 11.7. The Morgan fingerprint density at radius 3 is 2.11 bits per heavy atom. The van der Waals surface area contributed by atoms with Gasteiger partial charge in [-0.2, -0.15) is 0 Å². The molecular weight excluding hydrogens is 486 g/mol. The number of H-pyrrole nitrogens is 1. The van der Waals surface area contributed by atoms with E-state index in [1.165, 1.54) is 6.92 Å². The van der Waals surface area contributed by atoms with Crippen LogP contribution in [0.5, 0.6) is 0 Å². The second-order valence-corrected chi connectivity index (χ2v) is 9.12. The predicted molar refractivity (Wildman–Crippen MR) is 132 cm³/mol. The van der Waals surface area contributed by atoms with Gasteiger partial charge in [0.25, 0.3) is 0 Å². The molecule has 0 fully saturated rings. The maximum absolute atomic E-state index is 13.3. The van der Waals surface area contributed by atoms with Crippen molar-refractivity contribution in [2.45, 2.75) is 63.9 Å². The lowest BCUT2D eigenvalue weighted by Crippen LogP contribution is -2.60. The van der Waals surface area contributed by atoms with E-state index in [1.54, 1.807) is 20.0 Å². The second kappa shape index (κ2) is 12.8. The molecule has 0 bridgehead atoms. The third kappa shape index (κ3) is 8.02. The van der Waals surface area contributed by atoms with Crippen LogP contribution in [0, 0.1) is 5.92 Å². The number of carboxylic acid groups (broad SMARTS) is 2. The molecular formula is C24H33N5O8. The molecule has 0 spiro atoms. The van der Waals surface area contributed by atoms with Crippen LogP contribution in [0.1, 0.15) is 32.8 Å². The first-order chi connectivity index (χ1) is 17.3. The van der Waals surface area contributed by atoms with E-state index in [0.29, 0.717) is 5.56 Å². The highest BCUT2D eigenvalue weighted by molar-refractivity contribution is 5.95. The zero-order valence-electron chi connectivity index (χ0n) is 20.7. The van der Waals surface area contributed by atoms with Crippen LogP contribution < -0.4 is 21.7 Å². The summed E-state index contributed by atoms with van der Waals surface area (Å²) in [6, 6.07) is 1.77. The number of benzene rings is 1. The minimum Gasteiger partial charge on any atom is -0.481 e. The average Bonchev–Trinajstić information content (AvgIpc) is 3.22. The fraction of sp³-hybridized carbons (Fsp3) is 0.458. The summed E-state index contributed by atoms with van der Waals surface area (Å²) >= 11 is 0. The van der Waals surface area contributed by atoms with Crippen molar-refractivity contribution in [1.82, 2.24) is 20.9 Å². The third-order valence-electron chi connectivity index (χ3n) is 5.81. The minimum absolute atomic E-state index is 0.0112. The van der Waals surface area contributed by atoms with Crippen LogP contribution in [0.4, 0.5) is 0 Å². The smallest absolute Gasteiger partial charge is 0.326 e. The molecule has 202 valence electrons. The molecule has 13 heteroatoms. The molecule has 0 aliphatic carbocycles. The number of hydrogen-bond acceptors (Lipinski definition) is 7. The molecule has 3 amide bonds. The van der Waals surface area contributed by atoms with Gasteiger partial charge in [0, 0.05) is 23.5 Å². The summed E-state index contributed by atoms with van der Waals surface area (Å²) in [7, 11) is 0. The fourth-order valence-corrected chi connectivity index (χ4v) is 3.60. The Balaban J connectivity index is 2.29. The third-order valence-corrected chi connectivity index (χ3v) is 5.81. The molecule has 0 aliphatic heterocycles. The van der Waals surface area contributed by atoms with Crippen LogP contribution in [0.2, 0.25) is 0 Å². The number of hydrogen-bond donors (Lipinski definition) is 8. The van der Waals surface area contributed by atoms with E-state index >= 15 is 0 Å². The number of aromatic nitrogens is 1. The molecule has 1 aromatic carbocycles. The molecule has 0 aliphatic rings. The highest BCUT2D eigenvalue weighted by atomic mass is 16.4. The summed E-state index contributed by atoms with van der Waals surface area (Å²) in [5.74, 6) is -5.82. The van der Waals surface area contributed by atoms with Crippen LogP contribution in [0.15, 0.2) is 30.5 Å². The number of fused-ring (bicyclic) bond motifs is 1. The molecule has 1 heterocycles. The Morgan fingerprint density at radius 1 is 0.919 bits per heavy atom. The van der Waals surface area contributed by atoms with Gasteiger partial charge in [-0.15, -0.1) is 0 Å². The second-order valence-electron chi connectivity index (χ2n) is 9.12. The number of aliphatic hydroxyl groups is 1. The summed E-state index contributed by atoms with van der Waals surface area (Å²) in [6.45, 7) is 4.67. The molecule has 13 nitrogen and oxygen atoms in total. The number of aromatic amines is 1. The number of carboxylic acids is 2. The topological polar surface area (TPSA) is 224 Å². The number of nitrogens with one attached hydrogen (secondary N) is 4. The van der Waals surface area contributed by atoms with Gasteiger partial charge in [-0.3, -0.25) is 19.2 Å². The Morgan fingerprint density at radius 2 is 1.54 bits per heavy atom. The van der Waals surface area contributed by atoms with E-state index < -0.39 is 66.4 Å². The van der Waals surface area contributed by atoms with Gasteiger partial charge >= 0.3 is 11.9 Å². The zero-order valence-corrected chi connectivity index (χ0v) is 20.7. The molecule has 9 N–H and O–H groups in total. The van der Waals surface area contributed by atoms with Gasteiger partial charge in [-0.05, 0) is 24.5 Å². The van der Waals surface area contributed by atoms with E-state index in [9.17, 15) is 34.2 Å². The standard InChI is InChI=1S/C24H33N5O8/c1-11(2)19(25)22(34)27-16(8-13-10-26-15-7-5-4-6-14(13)15)21(33)29-20(12(3)30)23(35)28-17(24(36)37)9-18(31)32/h4-7,10-12,16-17,19-20,26,30H,8-9,25H2,1-3H3,(H,27,34)(H,28,35)(H,29,33)(H,31,32)(H,36,37). The van der Waals surface area contributed by atoms with E-state index in [-0.39, 0.29) is 12.3 Å². The monoisotopic (exact) mass is 519 g/mol. The number of para-hydroxylation sites is 1.